The highest BCUT2D eigenvalue weighted by atomic mass is 16.5. The minimum Gasteiger partial charge on any atom is -0.462 e. The van der Waals surface area contributed by atoms with Gasteiger partial charge in [0.15, 0.2) is 0 Å². The van der Waals surface area contributed by atoms with Gasteiger partial charge < -0.3 is 9.47 Å². The van der Waals surface area contributed by atoms with Gasteiger partial charge in [-0.05, 0) is 43.2 Å². The predicted molar refractivity (Wildman–Crippen MR) is 111 cm³/mol. The van der Waals surface area contributed by atoms with Gasteiger partial charge in [0.05, 0.1) is 17.7 Å². The molecule has 0 atom stereocenters. The average Bonchev–Trinajstić information content (AvgIpc) is 2.71. The first-order valence-electron chi connectivity index (χ1n) is 10.2. The Bertz CT molecular complexity index is 767. The topological polar surface area (TPSA) is 52.6 Å². The maximum absolute atomic E-state index is 12.4. The zero-order valence-corrected chi connectivity index (χ0v) is 16.9. The van der Waals surface area contributed by atoms with E-state index in [1.807, 2.05) is 25.1 Å². The molecule has 0 saturated carbocycles. The lowest BCUT2D eigenvalue weighted by Crippen LogP contribution is -2.12. The number of hydrogen-bond donors (Lipinski definition) is 0. The van der Waals surface area contributed by atoms with E-state index in [4.69, 9.17) is 9.47 Å². The van der Waals surface area contributed by atoms with Gasteiger partial charge in [0.25, 0.3) is 0 Å². The van der Waals surface area contributed by atoms with Crippen LogP contribution in [0.25, 0.3) is 0 Å². The summed E-state index contributed by atoms with van der Waals surface area (Å²) in [6.45, 7) is 4.49. The standard InChI is InChI=1S/C24H30O4/c1-3-4-5-6-7-8-11-17-27-23(25)20-14-12-15-21(18-20)24(26)28-22-16-10-9-13-19(22)2/h9-10,12-16,18H,3-8,11,17H2,1-2H3. The van der Waals surface area contributed by atoms with Crippen LogP contribution in [0.15, 0.2) is 48.5 Å². The largest absolute Gasteiger partial charge is 0.462 e. The Morgan fingerprint density at radius 1 is 0.786 bits per heavy atom. The van der Waals surface area contributed by atoms with Crippen molar-refractivity contribution in [3.63, 3.8) is 0 Å². The summed E-state index contributed by atoms with van der Waals surface area (Å²) in [5, 5.41) is 0. The summed E-state index contributed by atoms with van der Waals surface area (Å²) in [4.78, 5) is 24.6. The van der Waals surface area contributed by atoms with E-state index in [-0.39, 0.29) is 0 Å². The number of esters is 2. The third-order valence-corrected chi connectivity index (χ3v) is 4.61. The smallest absolute Gasteiger partial charge is 0.343 e. The van der Waals surface area contributed by atoms with Gasteiger partial charge in [-0.15, -0.1) is 0 Å². The predicted octanol–water partition coefficient (Wildman–Crippen LogP) is 6.12. The zero-order valence-electron chi connectivity index (χ0n) is 16.9. The number of ether oxygens (including phenoxy) is 2. The minimum atomic E-state index is -0.490. The number of hydrogen-bond acceptors (Lipinski definition) is 4. The van der Waals surface area contributed by atoms with Crippen molar-refractivity contribution in [2.75, 3.05) is 6.61 Å². The van der Waals surface area contributed by atoms with E-state index >= 15 is 0 Å². The van der Waals surface area contributed by atoms with Gasteiger partial charge >= 0.3 is 11.9 Å². The first-order valence-corrected chi connectivity index (χ1v) is 10.2. The first-order chi connectivity index (χ1) is 13.6. The van der Waals surface area contributed by atoms with Crippen LogP contribution in [0.3, 0.4) is 0 Å². The zero-order chi connectivity index (χ0) is 20.2. The maximum atomic E-state index is 12.4. The molecule has 4 heteroatoms. The number of unbranched alkanes of at least 4 members (excludes halogenated alkanes) is 6. The fourth-order valence-electron chi connectivity index (χ4n) is 2.91. The molecule has 0 heterocycles. The van der Waals surface area contributed by atoms with Crippen molar-refractivity contribution in [1.82, 2.24) is 0 Å². The van der Waals surface area contributed by atoms with Crippen LogP contribution in [-0.2, 0) is 4.74 Å². The van der Waals surface area contributed by atoms with Gasteiger partial charge in [-0.25, -0.2) is 9.59 Å². The molecule has 0 unspecified atom stereocenters. The molecular formula is C24H30O4. The van der Waals surface area contributed by atoms with Gasteiger partial charge in [-0.1, -0.05) is 69.7 Å². The van der Waals surface area contributed by atoms with Crippen LogP contribution in [0.1, 0.15) is 78.1 Å². The summed E-state index contributed by atoms with van der Waals surface area (Å²) < 4.78 is 10.8. The highest BCUT2D eigenvalue weighted by Gasteiger charge is 2.14. The monoisotopic (exact) mass is 382 g/mol. The highest BCUT2D eigenvalue weighted by molar-refractivity contribution is 5.96. The lowest BCUT2D eigenvalue weighted by molar-refractivity contribution is 0.0497. The molecule has 0 aliphatic heterocycles. The second-order valence-corrected chi connectivity index (χ2v) is 6.99. The van der Waals surface area contributed by atoms with E-state index in [2.05, 4.69) is 6.92 Å². The molecule has 28 heavy (non-hydrogen) atoms. The van der Waals surface area contributed by atoms with E-state index in [1.54, 1.807) is 24.3 Å². The molecular weight excluding hydrogens is 352 g/mol. The van der Waals surface area contributed by atoms with Crippen molar-refractivity contribution >= 4 is 11.9 Å². The number of carbonyl (C=O) groups excluding carboxylic acids is 2. The molecule has 2 rings (SSSR count). The summed E-state index contributed by atoms with van der Waals surface area (Å²) in [6.07, 6.45) is 8.17. The lowest BCUT2D eigenvalue weighted by atomic mass is 10.1. The molecule has 0 aliphatic rings. The second kappa shape index (κ2) is 12.0. The molecule has 0 N–H and O–H groups in total. The Balaban J connectivity index is 1.80. The van der Waals surface area contributed by atoms with Crippen molar-refractivity contribution in [2.24, 2.45) is 0 Å². The van der Waals surface area contributed by atoms with Crippen molar-refractivity contribution in [3.05, 3.63) is 65.2 Å². The van der Waals surface area contributed by atoms with E-state index < -0.39 is 11.9 Å². The Labute approximate surface area is 167 Å². The van der Waals surface area contributed by atoms with Crippen LogP contribution in [0, 0.1) is 6.92 Å². The molecule has 0 spiro atoms. The molecule has 0 fully saturated rings. The van der Waals surface area contributed by atoms with Gasteiger partial charge in [-0.3, -0.25) is 0 Å². The Hall–Kier alpha value is -2.62. The lowest BCUT2D eigenvalue weighted by Gasteiger charge is -2.08. The first kappa shape index (κ1) is 21.7. The number of para-hydroxylation sites is 1. The van der Waals surface area contributed by atoms with Crippen molar-refractivity contribution in [1.29, 1.82) is 0 Å². The van der Waals surface area contributed by atoms with Gasteiger partial charge in [0.2, 0.25) is 0 Å². The minimum absolute atomic E-state index is 0.327. The van der Waals surface area contributed by atoms with Crippen LogP contribution in [0.5, 0.6) is 5.75 Å². The summed E-state index contributed by atoms with van der Waals surface area (Å²) in [7, 11) is 0. The molecule has 0 bridgehead atoms. The number of rotatable bonds is 11. The molecule has 0 amide bonds. The second-order valence-electron chi connectivity index (χ2n) is 6.99. The van der Waals surface area contributed by atoms with Crippen LogP contribution in [0.4, 0.5) is 0 Å². The average molecular weight is 383 g/mol. The Morgan fingerprint density at radius 3 is 2.14 bits per heavy atom. The van der Waals surface area contributed by atoms with Gasteiger partial charge in [-0.2, -0.15) is 0 Å². The number of aryl methyl sites for hydroxylation is 1. The van der Waals surface area contributed by atoms with E-state index in [9.17, 15) is 9.59 Å². The van der Waals surface area contributed by atoms with Crippen molar-refractivity contribution in [2.45, 2.75) is 58.8 Å². The SMILES string of the molecule is CCCCCCCCCOC(=O)c1cccc(C(=O)Oc2ccccc2C)c1. The summed E-state index contributed by atoms with van der Waals surface area (Å²) in [5.74, 6) is -0.382. The molecule has 150 valence electrons. The van der Waals surface area contributed by atoms with Crippen LogP contribution < -0.4 is 4.74 Å². The Morgan fingerprint density at radius 2 is 1.43 bits per heavy atom. The normalized spacial score (nSPS) is 10.5. The molecule has 0 aliphatic carbocycles. The maximum Gasteiger partial charge on any atom is 0.343 e. The fraction of sp³-hybridized carbons (Fsp3) is 0.417. The van der Waals surface area contributed by atoms with Crippen LogP contribution >= 0.6 is 0 Å². The van der Waals surface area contributed by atoms with Crippen LogP contribution in [-0.4, -0.2) is 18.5 Å². The molecule has 2 aromatic rings. The molecule has 0 aromatic heterocycles. The van der Waals surface area contributed by atoms with E-state index in [0.29, 0.717) is 23.5 Å². The molecule has 0 saturated heterocycles. The molecule has 0 radical (unpaired) electrons. The third-order valence-electron chi connectivity index (χ3n) is 4.61. The van der Waals surface area contributed by atoms with Crippen LogP contribution in [0.2, 0.25) is 0 Å². The number of benzene rings is 2. The third kappa shape index (κ3) is 7.18. The van der Waals surface area contributed by atoms with Gasteiger partial charge in [0.1, 0.15) is 5.75 Å². The highest BCUT2D eigenvalue weighted by Crippen LogP contribution is 2.18. The number of carbonyl (C=O) groups is 2. The van der Waals surface area contributed by atoms with Crippen molar-refractivity contribution in [3.8, 4) is 5.75 Å². The summed E-state index contributed by atoms with van der Waals surface area (Å²) >= 11 is 0. The Kier molecular flexibility index (Phi) is 9.26. The van der Waals surface area contributed by atoms with Crippen molar-refractivity contribution < 1.29 is 19.1 Å². The van der Waals surface area contributed by atoms with E-state index in [1.165, 1.54) is 38.2 Å². The molecule has 4 nitrogen and oxygen atoms in total. The molecule has 2 aromatic carbocycles. The fourth-order valence-corrected chi connectivity index (χ4v) is 2.91. The quantitative estimate of drug-likeness (QED) is 0.267. The van der Waals surface area contributed by atoms with E-state index in [0.717, 1.165) is 18.4 Å². The summed E-state index contributed by atoms with van der Waals surface area (Å²) in [6, 6.07) is 13.8. The summed E-state index contributed by atoms with van der Waals surface area (Å²) in [5.41, 5.74) is 1.57. The van der Waals surface area contributed by atoms with Gasteiger partial charge in [0, 0.05) is 0 Å².